The lowest BCUT2D eigenvalue weighted by atomic mass is 10.1. The zero-order valence-electron chi connectivity index (χ0n) is 13.6. The first-order chi connectivity index (χ1) is 11.5. The molecular weight excluding hydrogens is 326 g/mol. The maximum absolute atomic E-state index is 5.99. The lowest BCUT2D eigenvalue weighted by molar-refractivity contribution is -0.139. The fraction of sp³-hybridized carbons (Fsp3) is 0.333. The molecule has 0 radical (unpaired) electrons. The molecule has 1 atom stereocenters. The van der Waals surface area contributed by atoms with Crippen LogP contribution in [0.4, 0.5) is 0 Å². The Labute approximate surface area is 145 Å². The second-order valence-corrected chi connectivity index (χ2v) is 6.86. The van der Waals surface area contributed by atoms with E-state index in [9.17, 15) is 0 Å². The van der Waals surface area contributed by atoms with E-state index in [2.05, 4.69) is 22.2 Å². The molecule has 24 heavy (non-hydrogen) atoms. The predicted molar refractivity (Wildman–Crippen MR) is 92.9 cm³/mol. The molecular formula is C18H18ClN3O2. The molecule has 124 valence electrons. The number of nitrogens with zero attached hydrogens (tertiary/aromatic N) is 3. The quantitative estimate of drug-likeness (QED) is 0.677. The minimum atomic E-state index is -0.508. The van der Waals surface area contributed by atoms with Gasteiger partial charge in [0.25, 0.3) is 0 Å². The normalized spacial score (nSPS) is 19.9. The molecule has 5 nitrogen and oxygen atoms in total. The zero-order chi connectivity index (χ0) is 16.7. The van der Waals surface area contributed by atoms with Gasteiger partial charge in [-0.1, -0.05) is 23.7 Å². The van der Waals surface area contributed by atoms with E-state index in [0.717, 1.165) is 21.9 Å². The first kappa shape index (κ1) is 15.6. The van der Waals surface area contributed by atoms with Crippen molar-refractivity contribution in [3.05, 3.63) is 48.0 Å². The molecule has 1 aliphatic rings. The highest BCUT2D eigenvalue weighted by Gasteiger charge is 2.32. The second kappa shape index (κ2) is 5.84. The third-order valence-corrected chi connectivity index (χ3v) is 4.32. The lowest BCUT2D eigenvalue weighted by Gasteiger charge is -2.16. The van der Waals surface area contributed by atoms with Crippen molar-refractivity contribution in [3.8, 4) is 11.1 Å². The monoisotopic (exact) mass is 343 g/mol. The van der Waals surface area contributed by atoms with E-state index in [4.69, 9.17) is 21.1 Å². The number of hydrogen-bond donors (Lipinski definition) is 0. The summed E-state index contributed by atoms with van der Waals surface area (Å²) in [6.07, 6.45) is 5.70. The van der Waals surface area contributed by atoms with Gasteiger partial charge >= 0.3 is 0 Å². The summed E-state index contributed by atoms with van der Waals surface area (Å²) in [4.78, 5) is 4.11. The van der Waals surface area contributed by atoms with E-state index in [1.165, 1.54) is 0 Å². The molecule has 6 heteroatoms. The van der Waals surface area contributed by atoms with Crippen molar-refractivity contribution in [2.24, 2.45) is 0 Å². The molecule has 2 aromatic heterocycles. The Morgan fingerprint density at radius 2 is 2.08 bits per heavy atom. The molecule has 3 heterocycles. The minimum absolute atomic E-state index is 0.0224. The van der Waals surface area contributed by atoms with Crippen molar-refractivity contribution in [3.63, 3.8) is 0 Å². The first-order valence-electron chi connectivity index (χ1n) is 7.88. The summed E-state index contributed by atoms with van der Waals surface area (Å²) in [5.74, 6) is -0.508. The smallest absolute Gasteiger partial charge is 0.163 e. The largest absolute Gasteiger partial charge is 0.348 e. The topological polar surface area (TPSA) is 49.2 Å². The fourth-order valence-electron chi connectivity index (χ4n) is 2.97. The molecule has 3 aromatic rings. The summed E-state index contributed by atoms with van der Waals surface area (Å²) in [5.41, 5.74) is 2.16. The maximum Gasteiger partial charge on any atom is 0.163 e. The van der Waals surface area contributed by atoms with E-state index in [0.29, 0.717) is 18.3 Å². The van der Waals surface area contributed by atoms with Crippen LogP contribution in [0.2, 0.25) is 5.15 Å². The molecule has 1 aliphatic heterocycles. The predicted octanol–water partition coefficient (Wildman–Crippen LogP) is 3.90. The van der Waals surface area contributed by atoms with Crippen LogP contribution in [0.5, 0.6) is 0 Å². The van der Waals surface area contributed by atoms with Gasteiger partial charge in [-0.2, -0.15) is 5.10 Å². The molecule has 1 unspecified atom stereocenters. The lowest BCUT2D eigenvalue weighted by Crippen LogP contribution is -2.24. The number of fused-ring (bicyclic) bond motifs is 1. The number of rotatable bonds is 3. The van der Waals surface area contributed by atoms with Crippen molar-refractivity contribution in [1.82, 2.24) is 14.8 Å². The molecule has 4 rings (SSSR count). The fourth-order valence-corrected chi connectivity index (χ4v) is 3.13. The Morgan fingerprint density at radius 1 is 1.21 bits per heavy atom. The van der Waals surface area contributed by atoms with Crippen LogP contribution in [0, 0.1) is 0 Å². The van der Waals surface area contributed by atoms with Crippen LogP contribution in [0.3, 0.4) is 0 Å². The van der Waals surface area contributed by atoms with Crippen LogP contribution in [-0.4, -0.2) is 33.3 Å². The number of ether oxygens (including phenoxy) is 2. The first-order valence-corrected chi connectivity index (χ1v) is 8.26. The molecule has 0 saturated carbocycles. The third kappa shape index (κ3) is 3.15. The van der Waals surface area contributed by atoms with Gasteiger partial charge in [-0.15, -0.1) is 0 Å². The summed E-state index contributed by atoms with van der Waals surface area (Å²) in [7, 11) is 0. The van der Waals surface area contributed by atoms with Gasteiger partial charge in [0, 0.05) is 23.3 Å². The molecule has 0 N–H and O–H groups in total. The molecule has 0 bridgehead atoms. The average molecular weight is 344 g/mol. The van der Waals surface area contributed by atoms with Gasteiger partial charge < -0.3 is 9.47 Å². The molecule has 1 aromatic carbocycles. The van der Waals surface area contributed by atoms with E-state index >= 15 is 0 Å². The van der Waals surface area contributed by atoms with Crippen molar-refractivity contribution in [1.29, 1.82) is 0 Å². The number of benzene rings is 1. The van der Waals surface area contributed by atoms with Gasteiger partial charge in [-0.05, 0) is 36.9 Å². The van der Waals surface area contributed by atoms with Crippen molar-refractivity contribution in [2.75, 3.05) is 6.61 Å². The van der Waals surface area contributed by atoms with Crippen LogP contribution in [-0.2, 0) is 16.0 Å². The molecule has 1 saturated heterocycles. The van der Waals surface area contributed by atoms with Gasteiger partial charge in [-0.25, -0.2) is 4.98 Å². The zero-order valence-corrected chi connectivity index (χ0v) is 14.3. The van der Waals surface area contributed by atoms with Crippen LogP contribution in [0.15, 0.2) is 42.9 Å². The highest BCUT2D eigenvalue weighted by Crippen LogP contribution is 2.26. The van der Waals surface area contributed by atoms with E-state index in [1.807, 2.05) is 43.1 Å². The van der Waals surface area contributed by atoms with Gasteiger partial charge in [-0.3, -0.25) is 4.68 Å². The summed E-state index contributed by atoms with van der Waals surface area (Å²) in [5, 5.41) is 7.07. The molecule has 0 aliphatic carbocycles. The molecule has 0 spiro atoms. The van der Waals surface area contributed by atoms with Gasteiger partial charge in [0.15, 0.2) is 5.79 Å². The number of hydrogen-bond acceptors (Lipinski definition) is 4. The van der Waals surface area contributed by atoms with Crippen LogP contribution < -0.4 is 0 Å². The summed E-state index contributed by atoms with van der Waals surface area (Å²) < 4.78 is 13.3. The molecule has 0 amide bonds. The Balaban J connectivity index is 1.56. The average Bonchev–Trinajstić information content (AvgIpc) is 3.13. The second-order valence-electron chi connectivity index (χ2n) is 6.47. The van der Waals surface area contributed by atoms with Crippen molar-refractivity contribution < 1.29 is 9.47 Å². The van der Waals surface area contributed by atoms with E-state index in [-0.39, 0.29) is 6.10 Å². The van der Waals surface area contributed by atoms with Crippen molar-refractivity contribution >= 4 is 22.4 Å². The number of pyridine rings is 1. The summed E-state index contributed by atoms with van der Waals surface area (Å²) >= 11 is 5.99. The maximum atomic E-state index is 5.99. The van der Waals surface area contributed by atoms with E-state index in [1.54, 1.807) is 6.20 Å². The Hall–Kier alpha value is -1.95. The Morgan fingerprint density at radius 3 is 2.88 bits per heavy atom. The van der Waals surface area contributed by atoms with Gasteiger partial charge in [0.2, 0.25) is 0 Å². The third-order valence-electron chi connectivity index (χ3n) is 4.11. The minimum Gasteiger partial charge on any atom is -0.348 e. The number of aromatic nitrogens is 3. The molecule has 1 fully saturated rings. The summed E-state index contributed by atoms with van der Waals surface area (Å²) in [6.45, 7) is 5.11. The number of halogens is 1. The van der Waals surface area contributed by atoms with Crippen LogP contribution in [0.1, 0.15) is 13.8 Å². The van der Waals surface area contributed by atoms with Gasteiger partial charge in [0.1, 0.15) is 11.3 Å². The Bertz CT molecular complexity index is 891. The highest BCUT2D eigenvalue weighted by molar-refractivity contribution is 6.30. The van der Waals surface area contributed by atoms with Crippen LogP contribution >= 0.6 is 11.6 Å². The SMILES string of the molecule is CC1(C)OCC(Cn2cc(-c3ccc4cnc(Cl)cc4c3)cn2)O1. The van der Waals surface area contributed by atoms with Gasteiger partial charge in [0.05, 0.1) is 19.3 Å². The van der Waals surface area contributed by atoms with Crippen molar-refractivity contribution in [2.45, 2.75) is 32.3 Å². The van der Waals surface area contributed by atoms with E-state index < -0.39 is 5.79 Å². The highest BCUT2D eigenvalue weighted by atomic mass is 35.5. The Kier molecular flexibility index (Phi) is 3.79. The van der Waals surface area contributed by atoms with Crippen LogP contribution in [0.25, 0.3) is 21.9 Å². The standard InChI is InChI=1S/C18H18ClN3O2/c1-18(2)23-11-16(24-18)10-22-9-15(8-21-22)12-3-4-13-7-20-17(19)6-14(13)5-12/h3-9,16H,10-11H2,1-2H3. The summed E-state index contributed by atoms with van der Waals surface area (Å²) in [6, 6.07) is 8.08.